The number of nitrogens with zero attached hydrogens (tertiary/aromatic N) is 1. The van der Waals surface area contributed by atoms with E-state index in [1.807, 2.05) is 37.3 Å². The lowest BCUT2D eigenvalue weighted by Gasteiger charge is -2.19. The fourth-order valence-electron chi connectivity index (χ4n) is 2.82. The Morgan fingerprint density at radius 3 is 2.95 bits per heavy atom. The number of ether oxygens (including phenoxy) is 1. The van der Waals surface area contributed by atoms with E-state index in [9.17, 15) is 9.90 Å². The van der Waals surface area contributed by atoms with Gasteiger partial charge in [0.2, 0.25) is 0 Å². The lowest BCUT2D eigenvalue weighted by molar-refractivity contribution is -0.143. The van der Waals surface area contributed by atoms with Gasteiger partial charge in [0.1, 0.15) is 22.9 Å². The molecule has 2 unspecified atom stereocenters. The lowest BCUT2D eigenvalue weighted by Crippen LogP contribution is -2.46. The smallest absolute Gasteiger partial charge is 0.323 e. The first-order valence-electron chi connectivity index (χ1n) is 7.03. The van der Waals surface area contributed by atoms with Crippen LogP contribution in [0.1, 0.15) is 25.0 Å². The summed E-state index contributed by atoms with van der Waals surface area (Å²) in [5.74, 6) is -0.267. The number of aryl methyl sites for hydroxylation is 1. The van der Waals surface area contributed by atoms with Gasteiger partial charge in [-0.1, -0.05) is 18.2 Å². The Bertz CT molecular complexity index is 701. The molecule has 1 aliphatic rings. The van der Waals surface area contributed by atoms with Crippen LogP contribution in [0.15, 0.2) is 30.3 Å². The largest absolute Gasteiger partial charge is 0.488 e. The van der Waals surface area contributed by atoms with Crippen molar-refractivity contribution in [2.45, 2.75) is 37.8 Å². The summed E-state index contributed by atoms with van der Waals surface area (Å²) in [6.45, 7) is 1.93. The Kier molecular flexibility index (Phi) is 3.29. The minimum atomic E-state index is -1.17. The third-order valence-corrected chi connectivity index (χ3v) is 4.05. The Hall–Kier alpha value is -2.14. The molecule has 5 nitrogen and oxygen atoms in total. The van der Waals surface area contributed by atoms with E-state index in [1.165, 1.54) is 0 Å². The van der Waals surface area contributed by atoms with Crippen molar-refractivity contribution in [1.82, 2.24) is 4.98 Å². The first-order chi connectivity index (χ1) is 9.98. The van der Waals surface area contributed by atoms with Gasteiger partial charge in [-0.3, -0.25) is 4.79 Å². The quantitative estimate of drug-likeness (QED) is 0.904. The fourth-order valence-corrected chi connectivity index (χ4v) is 2.82. The average Bonchev–Trinajstić information content (AvgIpc) is 2.82. The first kappa shape index (κ1) is 13.8. The van der Waals surface area contributed by atoms with Crippen LogP contribution in [-0.2, 0) is 4.79 Å². The number of rotatable bonds is 3. The lowest BCUT2D eigenvalue weighted by atomic mass is 10.00. The second kappa shape index (κ2) is 5.00. The molecule has 1 fully saturated rings. The molecule has 1 aliphatic carbocycles. The SMILES string of the molecule is Cc1ccc2cccc(OC3CCC(N)(C(=O)O)C3)c2n1. The van der Waals surface area contributed by atoms with E-state index in [4.69, 9.17) is 10.5 Å². The minimum Gasteiger partial charge on any atom is -0.488 e. The topological polar surface area (TPSA) is 85.4 Å². The molecule has 1 saturated carbocycles. The molecule has 0 amide bonds. The summed E-state index contributed by atoms with van der Waals surface area (Å²) in [6, 6.07) is 9.72. The van der Waals surface area contributed by atoms with Crippen LogP contribution < -0.4 is 10.5 Å². The highest BCUT2D eigenvalue weighted by Gasteiger charge is 2.43. The number of para-hydroxylation sites is 1. The van der Waals surface area contributed by atoms with E-state index in [0.717, 1.165) is 16.6 Å². The van der Waals surface area contributed by atoms with Crippen LogP contribution in [-0.4, -0.2) is 27.7 Å². The Balaban J connectivity index is 1.86. The van der Waals surface area contributed by atoms with Crippen LogP contribution in [0.3, 0.4) is 0 Å². The second-order valence-electron chi connectivity index (χ2n) is 5.72. The highest BCUT2D eigenvalue weighted by Crippen LogP contribution is 2.33. The maximum Gasteiger partial charge on any atom is 0.323 e. The molecule has 0 saturated heterocycles. The van der Waals surface area contributed by atoms with Crippen molar-refractivity contribution in [3.8, 4) is 5.75 Å². The summed E-state index contributed by atoms with van der Waals surface area (Å²) in [7, 11) is 0. The average molecular weight is 286 g/mol. The maximum absolute atomic E-state index is 11.2. The number of benzene rings is 1. The number of fused-ring (bicyclic) bond motifs is 1. The number of hydrogen-bond donors (Lipinski definition) is 2. The summed E-state index contributed by atoms with van der Waals surface area (Å²) in [5.41, 5.74) is 6.45. The van der Waals surface area contributed by atoms with Crippen LogP contribution >= 0.6 is 0 Å². The zero-order chi connectivity index (χ0) is 15.0. The molecule has 0 bridgehead atoms. The van der Waals surface area contributed by atoms with Crippen molar-refractivity contribution in [1.29, 1.82) is 0 Å². The van der Waals surface area contributed by atoms with Crippen molar-refractivity contribution in [3.63, 3.8) is 0 Å². The Labute approximate surface area is 122 Å². The normalized spacial score (nSPS) is 25.1. The van der Waals surface area contributed by atoms with E-state index in [2.05, 4.69) is 4.98 Å². The summed E-state index contributed by atoms with van der Waals surface area (Å²) >= 11 is 0. The zero-order valence-electron chi connectivity index (χ0n) is 11.9. The zero-order valence-corrected chi connectivity index (χ0v) is 11.9. The van der Waals surface area contributed by atoms with Gasteiger partial charge in [-0.25, -0.2) is 4.98 Å². The molecule has 1 aromatic heterocycles. The molecule has 0 radical (unpaired) electrons. The van der Waals surface area contributed by atoms with Gasteiger partial charge in [0.25, 0.3) is 0 Å². The molecule has 110 valence electrons. The van der Waals surface area contributed by atoms with Crippen molar-refractivity contribution >= 4 is 16.9 Å². The second-order valence-corrected chi connectivity index (χ2v) is 5.72. The van der Waals surface area contributed by atoms with E-state index < -0.39 is 11.5 Å². The predicted octanol–water partition coefficient (Wildman–Crippen LogP) is 2.26. The van der Waals surface area contributed by atoms with E-state index in [1.54, 1.807) is 0 Å². The number of nitrogens with two attached hydrogens (primary N) is 1. The highest BCUT2D eigenvalue weighted by molar-refractivity contribution is 5.84. The van der Waals surface area contributed by atoms with Crippen molar-refractivity contribution in [2.24, 2.45) is 5.73 Å². The van der Waals surface area contributed by atoms with E-state index >= 15 is 0 Å². The van der Waals surface area contributed by atoms with Crippen molar-refractivity contribution in [2.75, 3.05) is 0 Å². The number of pyridine rings is 1. The van der Waals surface area contributed by atoms with Gasteiger partial charge in [-0.2, -0.15) is 0 Å². The summed E-state index contributed by atoms with van der Waals surface area (Å²) in [6.07, 6.45) is 1.22. The number of carbonyl (C=O) groups is 1. The Morgan fingerprint density at radius 1 is 1.43 bits per heavy atom. The van der Waals surface area contributed by atoms with Gasteiger partial charge in [0, 0.05) is 17.5 Å². The summed E-state index contributed by atoms with van der Waals surface area (Å²) in [4.78, 5) is 15.7. The number of hydrogen-bond acceptors (Lipinski definition) is 4. The van der Waals surface area contributed by atoms with Gasteiger partial charge < -0.3 is 15.6 Å². The molecule has 1 heterocycles. The predicted molar refractivity (Wildman–Crippen MR) is 79.3 cm³/mol. The summed E-state index contributed by atoms with van der Waals surface area (Å²) < 4.78 is 5.98. The molecule has 21 heavy (non-hydrogen) atoms. The number of aromatic nitrogens is 1. The van der Waals surface area contributed by atoms with Crippen LogP contribution in [0, 0.1) is 6.92 Å². The molecule has 3 N–H and O–H groups in total. The molecule has 5 heteroatoms. The van der Waals surface area contributed by atoms with Crippen molar-refractivity contribution < 1.29 is 14.6 Å². The third kappa shape index (κ3) is 2.56. The molecular weight excluding hydrogens is 268 g/mol. The van der Waals surface area contributed by atoms with Crippen LogP contribution in [0.25, 0.3) is 10.9 Å². The summed E-state index contributed by atoms with van der Waals surface area (Å²) in [5, 5.41) is 10.2. The van der Waals surface area contributed by atoms with Gasteiger partial charge in [-0.15, -0.1) is 0 Å². The standard InChI is InChI=1S/C16H18N2O3/c1-10-5-6-11-3-2-4-13(14(11)18-10)21-12-7-8-16(17,9-12)15(19)20/h2-6,12H,7-9,17H2,1H3,(H,19,20). The van der Waals surface area contributed by atoms with Crippen LogP contribution in [0.2, 0.25) is 0 Å². The molecule has 2 aromatic rings. The molecule has 3 rings (SSSR count). The monoisotopic (exact) mass is 286 g/mol. The molecule has 0 aliphatic heterocycles. The number of aliphatic carboxylic acids is 1. The highest BCUT2D eigenvalue weighted by atomic mass is 16.5. The van der Waals surface area contributed by atoms with Gasteiger partial charge in [0.15, 0.2) is 0 Å². The van der Waals surface area contributed by atoms with E-state index in [0.29, 0.717) is 25.0 Å². The Morgan fingerprint density at radius 2 is 2.24 bits per heavy atom. The van der Waals surface area contributed by atoms with Gasteiger partial charge >= 0.3 is 5.97 Å². The third-order valence-electron chi connectivity index (χ3n) is 4.05. The van der Waals surface area contributed by atoms with E-state index in [-0.39, 0.29) is 6.10 Å². The first-order valence-corrected chi connectivity index (χ1v) is 7.03. The molecule has 2 atom stereocenters. The molecule has 0 spiro atoms. The number of carboxylic acid groups (broad SMARTS) is 1. The van der Waals surface area contributed by atoms with Gasteiger partial charge in [-0.05, 0) is 31.9 Å². The van der Waals surface area contributed by atoms with Gasteiger partial charge in [0.05, 0.1) is 0 Å². The van der Waals surface area contributed by atoms with Crippen molar-refractivity contribution in [3.05, 3.63) is 36.0 Å². The fraction of sp³-hybridized carbons (Fsp3) is 0.375. The number of carboxylic acids is 1. The molecular formula is C16H18N2O3. The van der Waals surface area contributed by atoms with Crippen LogP contribution in [0.4, 0.5) is 0 Å². The maximum atomic E-state index is 11.2. The minimum absolute atomic E-state index is 0.181. The molecule has 1 aromatic carbocycles. The van der Waals surface area contributed by atoms with Crippen LogP contribution in [0.5, 0.6) is 5.75 Å².